The number of rotatable bonds is 16. The molecule has 5 heterocycles. The van der Waals surface area contributed by atoms with E-state index < -0.39 is 8.82 Å². The molecule has 7 aromatic rings. The van der Waals surface area contributed by atoms with Crippen LogP contribution in [0.1, 0.15) is 82.3 Å². The Morgan fingerprint density at radius 2 is 1.02 bits per heavy atom. The number of benzene rings is 2. The molecule has 50 heavy (non-hydrogen) atoms. The van der Waals surface area contributed by atoms with Crippen molar-refractivity contribution < 1.29 is 0 Å². The molecular weight excluding hydrogens is 727 g/mol. The summed E-state index contributed by atoms with van der Waals surface area (Å²) in [6.07, 6.45) is 13.4. The monoisotopic (exact) mass is 775 g/mol. The van der Waals surface area contributed by atoms with Gasteiger partial charge in [0.05, 0.1) is 47.2 Å². The van der Waals surface area contributed by atoms with E-state index in [4.69, 9.17) is 10.1 Å². The first-order valence-corrected chi connectivity index (χ1v) is 22.9. The maximum atomic E-state index is 6.45. The lowest BCUT2D eigenvalue weighted by molar-refractivity contribution is 0.538. The van der Waals surface area contributed by atoms with Crippen molar-refractivity contribution >= 4 is 92.7 Å². The van der Waals surface area contributed by atoms with Gasteiger partial charge in [-0.25, -0.2) is 0 Å². The van der Waals surface area contributed by atoms with Gasteiger partial charge in [-0.05, 0) is 67.8 Å². The molecule has 1 unspecified atom stereocenters. The van der Waals surface area contributed by atoms with Crippen LogP contribution in [0.3, 0.4) is 0 Å². The third kappa shape index (κ3) is 8.65. The van der Waals surface area contributed by atoms with E-state index in [2.05, 4.69) is 103 Å². The first kappa shape index (κ1) is 34.8. The number of hydrogen-bond donors (Lipinski definition) is 0. The Hall–Kier alpha value is -2.32. The van der Waals surface area contributed by atoms with Crippen molar-refractivity contribution in [2.75, 3.05) is 0 Å². The lowest BCUT2D eigenvalue weighted by Gasteiger charge is -2.12. The standard InChI is InChI=1S/C38H41N5S4.BH3P2/c1-4-5-6-7-8-9-10-11-12-13-24-43-29(33-22-20-31(44-33)27-16-14-25(2)35-37(27)41-46-39-35)18-19-30(43)34-23-21-32(45-34)28-17-15-26(3)36-38(28)42-47-40-36;1-3-2/h14-23H,4-13,24H2,1-3H3;3H,2H2/i;2T2. The molecule has 2 aromatic carbocycles. The van der Waals surface area contributed by atoms with Crippen LogP contribution in [0.4, 0.5) is 0 Å². The maximum Gasteiger partial charge on any atom is 0.113 e. The average molecular weight is 776 g/mol. The third-order valence-electron chi connectivity index (χ3n) is 9.20. The molecular formula is C38H44BN5P2S4. The van der Waals surface area contributed by atoms with E-state index >= 15 is 0 Å². The van der Waals surface area contributed by atoms with E-state index in [1.54, 1.807) is 0 Å². The minimum absolute atomic E-state index is 0.0123. The summed E-state index contributed by atoms with van der Waals surface area (Å²) in [5.74, 6) is 0. The van der Waals surface area contributed by atoms with Crippen LogP contribution >= 0.6 is 63.1 Å². The number of nitrogens with zero attached hydrogens (tertiary/aromatic N) is 5. The number of unbranched alkanes of at least 4 members (excludes halogenated alkanes) is 9. The van der Waals surface area contributed by atoms with Crippen molar-refractivity contribution in [1.82, 2.24) is 22.1 Å². The Morgan fingerprint density at radius 3 is 1.48 bits per heavy atom. The van der Waals surface area contributed by atoms with Gasteiger partial charge in [-0.1, -0.05) is 89.0 Å². The van der Waals surface area contributed by atoms with Gasteiger partial charge in [0.2, 0.25) is 0 Å². The van der Waals surface area contributed by atoms with Crippen molar-refractivity contribution in [3.05, 3.63) is 71.8 Å². The van der Waals surface area contributed by atoms with Gasteiger partial charge in [0.15, 0.2) is 0 Å². The summed E-state index contributed by atoms with van der Waals surface area (Å²) in [6, 6.07) is 22.5. The first-order chi connectivity index (χ1) is 25.4. The van der Waals surface area contributed by atoms with Crippen molar-refractivity contribution in [2.24, 2.45) is 0 Å². The van der Waals surface area contributed by atoms with E-state index in [1.807, 2.05) is 22.7 Å². The Bertz CT molecular complexity index is 2050. The third-order valence-corrected chi connectivity index (χ3v) is 12.5. The molecule has 7 rings (SSSR count). The molecule has 0 aliphatic heterocycles. The van der Waals surface area contributed by atoms with Crippen LogP contribution in [0.2, 0.25) is 0 Å². The van der Waals surface area contributed by atoms with Crippen LogP contribution < -0.4 is 0 Å². The number of thiophene rings is 2. The molecule has 0 fully saturated rings. The SMILES string of the molecule is CCCCCCCCCCCCn1c(-c2ccc(-c3ccc(C)c4nsnc34)s2)ccc1-c1ccc(-c2ccc(C)c3nsnc23)s1.[3H]P([3H])P[B]. The fraction of sp³-hybridized carbons (Fsp3) is 0.368. The molecule has 0 N–H and O–H groups in total. The summed E-state index contributed by atoms with van der Waals surface area (Å²) >= 11 is 6.31. The van der Waals surface area contributed by atoms with E-state index in [9.17, 15) is 0 Å². The van der Waals surface area contributed by atoms with Crippen LogP contribution in [-0.2, 0) is 6.54 Å². The fourth-order valence-corrected chi connectivity index (χ4v) is 9.89. The molecule has 258 valence electrons. The van der Waals surface area contributed by atoms with Crippen molar-refractivity contribution in [3.63, 3.8) is 0 Å². The van der Waals surface area contributed by atoms with Crippen molar-refractivity contribution in [2.45, 2.75) is 91.5 Å². The van der Waals surface area contributed by atoms with Crippen LogP contribution in [0, 0.1) is 13.8 Å². The largest absolute Gasteiger partial charge is 0.339 e. The molecule has 1 atom stereocenters. The minimum Gasteiger partial charge on any atom is -0.339 e. The van der Waals surface area contributed by atoms with E-state index in [0.717, 1.165) is 28.6 Å². The van der Waals surface area contributed by atoms with Crippen LogP contribution in [0.25, 0.3) is 64.1 Å². The Balaban J connectivity index is 0.000000870. The zero-order chi connectivity index (χ0) is 36.5. The second kappa shape index (κ2) is 18.4. The number of hydrogen-bond acceptors (Lipinski definition) is 8. The summed E-state index contributed by atoms with van der Waals surface area (Å²) in [6.45, 7) is 7.53. The highest BCUT2D eigenvalue weighted by atomic mass is 32.1. The average Bonchev–Trinajstić information content (AvgIpc) is 3.99. The van der Waals surface area contributed by atoms with Crippen LogP contribution in [0.15, 0.2) is 60.7 Å². The van der Waals surface area contributed by atoms with E-state index in [0.29, 0.717) is 0 Å². The molecule has 0 saturated carbocycles. The summed E-state index contributed by atoms with van der Waals surface area (Å²) in [5, 5.41) is 0. The Kier molecular flexibility index (Phi) is 12.8. The van der Waals surface area contributed by atoms with Gasteiger partial charge in [-0.3, -0.25) is 0 Å². The topological polar surface area (TPSA) is 56.5 Å². The minimum atomic E-state index is -1.29. The van der Waals surface area contributed by atoms with Crippen LogP contribution in [-0.4, -0.2) is 32.2 Å². The highest BCUT2D eigenvalue weighted by Crippen LogP contribution is 2.42. The molecule has 0 aliphatic rings. The molecule has 5 nitrogen and oxygen atoms in total. The highest BCUT2D eigenvalue weighted by molar-refractivity contribution is 8.15. The predicted octanol–water partition coefficient (Wildman–Crippen LogP) is 13.4. The van der Waals surface area contributed by atoms with E-state index in [-0.39, 0.29) is 8.15 Å². The summed E-state index contributed by atoms with van der Waals surface area (Å²) < 4.78 is 33.9. The molecule has 12 heteroatoms. The quantitative estimate of drug-likeness (QED) is 0.0557. The first-order valence-electron chi connectivity index (χ1n) is 18.4. The highest BCUT2D eigenvalue weighted by Gasteiger charge is 2.19. The smallest absolute Gasteiger partial charge is 0.113 e. The predicted molar refractivity (Wildman–Crippen MR) is 229 cm³/mol. The Labute approximate surface area is 320 Å². The van der Waals surface area contributed by atoms with Crippen LogP contribution in [0.5, 0.6) is 0 Å². The van der Waals surface area contributed by atoms with Crippen molar-refractivity contribution in [1.29, 1.82) is 2.56 Å². The zero-order valence-electron chi connectivity index (χ0n) is 30.9. The van der Waals surface area contributed by atoms with Gasteiger partial charge >= 0.3 is 0 Å². The number of aromatic nitrogens is 5. The lowest BCUT2D eigenvalue weighted by Crippen LogP contribution is -2.01. The molecule has 0 amide bonds. The second-order valence-corrected chi connectivity index (χ2v) is 16.9. The Morgan fingerprint density at radius 1 is 0.600 bits per heavy atom. The van der Waals surface area contributed by atoms with E-state index in [1.165, 1.54) is 141 Å². The van der Waals surface area contributed by atoms with Crippen molar-refractivity contribution in [3.8, 4) is 42.0 Å². The van der Waals surface area contributed by atoms with Gasteiger partial charge in [0.1, 0.15) is 29.6 Å². The maximum absolute atomic E-state index is 6.45. The number of aryl methyl sites for hydroxylation is 2. The van der Waals surface area contributed by atoms with Gasteiger partial charge in [0.25, 0.3) is 0 Å². The van der Waals surface area contributed by atoms with Gasteiger partial charge in [0, 0.05) is 27.4 Å². The lowest BCUT2D eigenvalue weighted by atomic mass is 10.1. The molecule has 0 saturated heterocycles. The zero-order valence-corrected chi connectivity index (χ0v) is 34.1. The normalized spacial score (nSPS) is 12.3. The fourth-order valence-electron chi connectivity index (χ4n) is 6.51. The molecule has 5 aromatic heterocycles. The second-order valence-electron chi connectivity index (χ2n) is 12.7. The van der Waals surface area contributed by atoms with Gasteiger partial charge < -0.3 is 4.57 Å². The molecule has 2 radical (unpaired) electrons. The van der Waals surface area contributed by atoms with Gasteiger partial charge in [-0.15, -0.1) is 31.5 Å². The molecule has 0 spiro atoms. The summed E-state index contributed by atoms with van der Waals surface area (Å²) in [7, 11) is 3.57. The summed E-state index contributed by atoms with van der Waals surface area (Å²) in [4.78, 5) is 5.07. The molecule has 0 bridgehead atoms. The molecule has 0 aliphatic carbocycles. The summed E-state index contributed by atoms with van der Waals surface area (Å²) in [5.41, 5.74) is 11.3. The van der Waals surface area contributed by atoms with Gasteiger partial charge in [-0.2, -0.15) is 25.6 Å². The number of fused-ring (bicyclic) bond motifs is 2.